The molecule has 0 saturated carbocycles. The molecule has 1 aromatic heterocycles. The van der Waals surface area contributed by atoms with E-state index in [1.54, 1.807) is 7.11 Å². The Balaban J connectivity index is 1.88. The number of aromatic amines is 1. The quantitative estimate of drug-likeness (QED) is 0.850. The van der Waals surface area contributed by atoms with Gasteiger partial charge in [-0.05, 0) is 24.8 Å². The molecule has 0 bridgehead atoms. The van der Waals surface area contributed by atoms with E-state index in [0.717, 1.165) is 24.5 Å². The van der Waals surface area contributed by atoms with Crippen LogP contribution in [0.2, 0.25) is 0 Å². The molecule has 0 aliphatic carbocycles. The summed E-state index contributed by atoms with van der Waals surface area (Å²) in [4.78, 5) is 9.69. The van der Waals surface area contributed by atoms with E-state index in [4.69, 9.17) is 4.74 Å². The summed E-state index contributed by atoms with van der Waals surface area (Å²) in [6.07, 6.45) is 6.75. The number of hydrogen-bond donors (Lipinski definition) is 1. The number of methoxy groups -OCH3 is 1. The normalized spacial score (nSPS) is 12.7. The molecule has 0 aliphatic heterocycles. The highest BCUT2D eigenvalue weighted by molar-refractivity contribution is 5.14. The summed E-state index contributed by atoms with van der Waals surface area (Å²) in [7, 11) is 3.79. The van der Waals surface area contributed by atoms with Crippen LogP contribution in [0.4, 0.5) is 0 Å². The van der Waals surface area contributed by atoms with Crippen molar-refractivity contribution in [3.05, 3.63) is 65.9 Å². The third-order valence-electron chi connectivity index (χ3n) is 3.28. The van der Waals surface area contributed by atoms with Gasteiger partial charge in [-0.15, -0.1) is 0 Å². The highest BCUT2D eigenvalue weighted by atomic mass is 16.5. The number of imidazole rings is 1. The predicted molar refractivity (Wildman–Crippen MR) is 84.9 cm³/mol. The molecule has 1 aromatic carbocycles. The van der Waals surface area contributed by atoms with Crippen molar-refractivity contribution < 1.29 is 4.74 Å². The highest BCUT2D eigenvalue weighted by Crippen LogP contribution is 2.06. The Bertz CT molecular complexity index is 562. The molecule has 0 aliphatic rings. The summed E-state index contributed by atoms with van der Waals surface area (Å²) in [5.74, 6) is 0.953. The Morgan fingerprint density at radius 3 is 2.71 bits per heavy atom. The topological polar surface area (TPSA) is 41.1 Å². The Labute approximate surface area is 126 Å². The van der Waals surface area contributed by atoms with Crippen LogP contribution in [0.1, 0.15) is 17.1 Å². The lowest BCUT2D eigenvalue weighted by molar-refractivity contribution is 0.138. The van der Waals surface area contributed by atoms with E-state index in [1.807, 2.05) is 19.2 Å². The van der Waals surface area contributed by atoms with Crippen LogP contribution in [0.5, 0.6) is 0 Å². The fourth-order valence-electron chi connectivity index (χ4n) is 2.16. The number of hydrogen-bond acceptors (Lipinski definition) is 3. The molecule has 2 aromatic rings. The summed E-state index contributed by atoms with van der Waals surface area (Å²) >= 11 is 0. The maximum absolute atomic E-state index is 5.49. The van der Waals surface area contributed by atoms with Gasteiger partial charge in [0, 0.05) is 39.0 Å². The third kappa shape index (κ3) is 5.08. The van der Waals surface area contributed by atoms with Gasteiger partial charge < -0.3 is 14.6 Å². The molecule has 1 unspecified atom stereocenters. The van der Waals surface area contributed by atoms with Gasteiger partial charge in [0.05, 0.1) is 6.10 Å². The molecule has 1 N–H and O–H groups in total. The van der Waals surface area contributed by atoms with Gasteiger partial charge in [0.2, 0.25) is 0 Å². The van der Waals surface area contributed by atoms with Crippen molar-refractivity contribution in [1.29, 1.82) is 0 Å². The van der Waals surface area contributed by atoms with Gasteiger partial charge >= 0.3 is 0 Å². The minimum absolute atomic E-state index is 0.0220. The Kier molecular flexibility index (Phi) is 5.58. The van der Waals surface area contributed by atoms with E-state index < -0.39 is 0 Å². The molecule has 2 rings (SSSR count). The number of ether oxygens (including phenoxy) is 1. The van der Waals surface area contributed by atoms with Crippen LogP contribution >= 0.6 is 0 Å². The number of H-pyrrole nitrogens is 1. The van der Waals surface area contributed by atoms with Crippen molar-refractivity contribution in [3.63, 3.8) is 0 Å². The second kappa shape index (κ2) is 7.64. The van der Waals surface area contributed by atoms with Gasteiger partial charge in [0.25, 0.3) is 0 Å². The number of rotatable bonds is 7. The molecule has 0 amide bonds. The molecule has 112 valence electrons. The zero-order valence-electron chi connectivity index (χ0n) is 12.9. The second-order valence-electron chi connectivity index (χ2n) is 5.23. The zero-order valence-corrected chi connectivity index (χ0v) is 12.9. The van der Waals surface area contributed by atoms with Crippen molar-refractivity contribution >= 4 is 0 Å². The molecule has 21 heavy (non-hydrogen) atoms. The summed E-state index contributed by atoms with van der Waals surface area (Å²) in [5.41, 5.74) is 2.37. The lowest BCUT2D eigenvalue weighted by Crippen LogP contribution is -2.15. The van der Waals surface area contributed by atoms with Gasteiger partial charge in [-0.1, -0.05) is 30.3 Å². The van der Waals surface area contributed by atoms with Crippen molar-refractivity contribution in [2.24, 2.45) is 0 Å². The number of benzene rings is 1. The summed E-state index contributed by atoms with van der Waals surface area (Å²) in [5, 5.41) is 0. The van der Waals surface area contributed by atoms with Crippen molar-refractivity contribution in [1.82, 2.24) is 14.9 Å². The number of nitrogens with zero attached hydrogens (tertiary/aromatic N) is 2. The molecule has 4 nitrogen and oxygen atoms in total. The van der Waals surface area contributed by atoms with Crippen molar-refractivity contribution in [2.75, 3.05) is 14.2 Å². The van der Waals surface area contributed by atoms with E-state index in [2.05, 4.69) is 58.5 Å². The van der Waals surface area contributed by atoms with Crippen molar-refractivity contribution in [3.8, 4) is 0 Å². The van der Waals surface area contributed by atoms with E-state index in [-0.39, 0.29) is 6.10 Å². The predicted octanol–water partition coefficient (Wildman–Crippen LogP) is 2.92. The molecule has 1 atom stereocenters. The maximum Gasteiger partial charge on any atom is 0.109 e. The zero-order chi connectivity index (χ0) is 15.1. The lowest BCUT2D eigenvalue weighted by Gasteiger charge is -2.16. The molecule has 0 saturated heterocycles. The van der Waals surface area contributed by atoms with Gasteiger partial charge in [0.15, 0.2) is 0 Å². The maximum atomic E-state index is 5.49. The van der Waals surface area contributed by atoms with Crippen LogP contribution in [-0.4, -0.2) is 35.1 Å². The van der Waals surface area contributed by atoms with Crippen LogP contribution in [0.3, 0.4) is 0 Å². The average Bonchev–Trinajstić information content (AvgIpc) is 2.89. The number of aryl methyl sites for hydroxylation is 1. The Morgan fingerprint density at radius 2 is 2.10 bits per heavy atom. The van der Waals surface area contributed by atoms with E-state index in [0.29, 0.717) is 0 Å². The minimum Gasteiger partial charge on any atom is -0.377 e. The molecule has 0 radical (unpaired) electrons. The first-order valence-electron chi connectivity index (χ1n) is 7.13. The van der Waals surface area contributed by atoms with Crippen molar-refractivity contribution in [2.45, 2.75) is 26.0 Å². The van der Waals surface area contributed by atoms with E-state index in [9.17, 15) is 0 Å². The summed E-state index contributed by atoms with van der Waals surface area (Å²) < 4.78 is 5.49. The molecule has 1 heterocycles. The summed E-state index contributed by atoms with van der Waals surface area (Å²) in [6.45, 7) is 2.88. The molecular formula is C17H23N3O. The fraction of sp³-hybridized carbons (Fsp3) is 0.353. The standard InChI is InChI=1S/C17H23N3O/c1-14-12-18-17(19-14)11-16(21-3)9-10-20(2)13-15-7-5-4-6-8-15/h4-10,12,16H,11,13H2,1-3H3,(H,18,19). The van der Waals surface area contributed by atoms with Crippen LogP contribution in [0.15, 0.2) is 48.8 Å². The minimum atomic E-state index is 0.0220. The first-order valence-corrected chi connectivity index (χ1v) is 7.13. The fourth-order valence-corrected chi connectivity index (χ4v) is 2.16. The molecule has 0 fully saturated rings. The van der Waals surface area contributed by atoms with Crippen LogP contribution in [-0.2, 0) is 17.7 Å². The monoisotopic (exact) mass is 285 g/mol. The Morgan fingerprint density at radius 1 is 1.33 bits per heavy atom. The lowest BCUT2D eigenvalue weighted by atomic mass is 10.2. The van der Waals surface area contributed by atoms with E-state index >= 15 is 0 Å². The van der Waals surface area contributed by atoms with Crippen LogP contribution in [0.25, 0.3) is 0 Å². The second-order valence-corrected chi connectivity index (χ2v) is 5.23. The van der Waals surface area contributed by atoms with Crippen LogP contribution < -0.4 is 0 Å². The first-order chi connectivity index (χ1) is 10.2. The largest absolute Gasteiger partial charge is 0.377 e. The van der Waals surface area contributed by atoms with Crippen LogP contribution in [0, 0.1) is 6.92 Å². The third-order valence-corrected chi connectivity index (χ3v) is 3.28. The van der Waals surface area contributed by atoms with Gasteiger partial charge in [-0.25, -0.2) is 4.98 Å². The SMILES string of the molecule is COC(C=CN(C)Cc1ccccc1)Cc1ncc(C)[nH]1. The van der Waals surface area contributed by atoms with Gasteiger partial charge in [-0.2, -0.15) is 0 Å². The number of nitrogens with one attached hydrogen (secondary N) is 1. The summed E-state index contributed by atoms with van der Waals surface area (Å²) in [6, 6.07) is 10.4. The van der Waals surface area contributed by atoms with Gasteiger partial charge in [0.1, 0.15) is 5.82 Å². The number of aromatic nitrogens is 2. The average molecular weight is 285 g/mol. The molecule has 0 spiro atoms. The van der Waals surface area contributed by atoms with E-state index in [1.165, 1.54) is 5.56 Å². The first kappa shape index (κ1) is 15.3. The van der Waals surface area contributed by atoms with Gasteiger partial charge in [-0.3, -0.25) is 0 Å². The molecule has 4 heteroatoms. The highest BCUT2D eigenvalue weighted by Gasteiger charge is 2.07. The smallest absolute Gasteiger partial charge is 0.109 e. The Hall–Kier alpha value is -2.07. The molecular weight excluding hydrogens is 262 g/mol.